The lowest BCUT2D eigenvalue weighted by Crippen LogP contribution is -2.30. The van der Waals surface area contributed by atoms with Crippen LogP contribution < -0.4 is 5.32 Å². The highest BCUT2D eigenvalue weighted by atomic mass is 19.1. The Bertz CT molecular complexity index is 874. The Balaban J connectivity index is 1.55. The van der Waals surface area contributed by atoms with Gasteiger partial charge in [-0.15, -0.1) is 10.2 Å². The Morgan fingerprint density at radius 3 is 2.54 bits per heavy atom. The molecule has 2 aromatic carbocycles. The second-order valence-corrected chi connectivity index (χ2v) is 6.24. The Hall–Kier alpha value is -3.09. The summed E-state index contributed by atoms with van der Waals surface area (Å²) in [5, 5.41) is 15.0. The largest absolute Gasteiger partial charge is 0.348 e. The third kappa shape index (κ3) is 4.72. The van der Waals surface area contributed by atoms with Crippen LogP contribution in [-0.2, 0) is 17.8 Å². The van der Waals surface area contributed by atoms with E-state index in [1.165, 1.54) is 22.5 Å². The van der Waals surface area contributed by atoms with E-state index >= 15 is 0 Å². The lowest BCUT2D eigenvalue weighted by atomic mass is 10.1. The maximum atomic E-state index is 13.0. The molecule has 0 saturated heterocycles. The molecule has 1 amide bonds. The van der Waals surface area contributed by atoms with Crippen LogP contribution in [0, 0.1) is 12.7 Å². The predicted octanol–water partition coefficient (Wildman–Crippen LogP) is 2.59. The lowest BCUT2D eigenvalue weighted by Gasteiger charge is -2.13. The normalized spacial score (nSPS) is 12.0. The van der Waals surface area contributed by atoms with Crippen molar-refractivity contribution in [1.82, 2.24) is 25.5 Å². The van der Waals surface area contributed by atoms with Gasteiger partial charge in [0.15, 0.2) is 5.82 Å². The van der Waals surface area contributed by atoms with E-state index in [0.29, 0.717) is 12.2 Å². The summed E-state index contributed by atoms with van der Waals surface area (Å²) >= 11 is 0. The van der Waals surface area contributed by atoms with Crippen LogP contribution in [0.25, 0.3) is 0 Å². The number of amides is 1. The molecule has 1 heterocycles. The predicted molar refractivity (Wildman–Crippen MR) is 94.8 cm³/mol. The molecule has 0 bridgehead atoms. The third-order valence-corrected chi connectivity index (χ3v) is 4.01. The van der Waals surface area contributed by atoms with Crippen molar-refractivity contribution >= 4 is 5.91 Å². The molecular weight excluding hydrogens is 333 g/mol. The first kappa shape index (κ1) is 17.7. The molecule has 0 unspecified atom stereocenters. The third-order valence-electron chi connectivity index (χ3n) is 4.01. The van der Waals surface area contributed by atoms with E-state index in [0.717, 1.165) is 11.1 Å². The fourth-order valence-corrected chi connectivity index (χ4v) is 2.55. The molecule has 0 aliphatic carbocycles. The summed E-state index contributed by atoms with van der Waals surface area (Å²) in [6, 6.07) is 13.9. The molecule has 6 nitrogen and oxygen atoms in total. The highest BCUT2D eigenvalue weighted by Gasteiger charge is 2.12. The number of aryl methyl sites for hydroxylation is 1. The summed E-state index contributed by atoms with van der Waals surface area (Å²) in [6.07, 6.45) is 0.563. The van der Waals surface area contributed by atoms with Crippen LogP contribution in [0.3, 0.4) is 0 Å². The molecule has 1 N–H and O–H groups in total. The van der Waals surface area contributed by atoms with Crippen molar-refractivity contribution in [3.05, 3.63) is 76.9 Å². The average molecular weight is 353 g/mol. The summed E-state index contributed by atoms with van der Waals surface area (Å²) in [4.78, 5) is 13.4. The number of hydrogen-bond donors (Lipinski definition) is 1. The summed E-state index contributed by atoms with van der Waals surface area (Å²) in [7, 11) is 0. The van der Waals surface area contributed by atoms with E-state index in [1.54, 1.807) is 12.1 Å². The van der Waals surface area contributed by atoms with Gasteiger partial charge in [0.05, 0.1) is 6.04 Å². The van der Waals surface area contributed by atoms with Crippen LogP contribution in [0.5, 0.6) is 0 Å². The number of halogens is 1. The number of carbonyl (C=O) groups excluding carboxylic acids is 1. The molecule has 0 aliphatic rings. The first-order chi connectivity index (χ1) is 12.5. The minimum absolute atomic E-state index is 0.0214. The van der Waals surface area contributed by atoms with Crippen molar-refractivity contribution < 1.29 is 9.18 Å². The van der Waals surface area contributed by atoms with E-state index in [9.17, 15) is 9.18 Å². The number of nitrogens with zero attached hydrogens (tertiary/aromatic N) is 4. The fourth-order valence-electron chi connectivity index (χ4n) is 2.55. The summed E-state index contributed by atoms with van der Waals surface area (Å²) in [5.41, 5.74) is 3.10. The zero-order chi connectivity index (χ0) is 18.5. The minimum atomic E-state index is -0.305. The number of carbonyl (C=O) groups is 1. The number of nitrogens with one attached hydrogen (secondary N) is 1. The molecule has 7 heteroatoms. The molecule has 1 atom stereocenters. The van der Waals surface area contributed by atoms with Crippen LogP contribution in [-0.4, -0.2) is 26.1 Å². The Kier molecular flexibility index (Phi) is 5.36. The van der Waals surface area contributed by atoms with E-state index in [1.807, 2.05) is 38.1 Å². The maximum Gasteiger partial charge on any atom is 0.244 e. The van der Waals surface area contributed by atoms with Crippen LogP contribution in [0.15, 0.2) is 48.5 Å². The molecular formula is C19H20FN5O. The molecule has 3 rings (SSSR count). The number of aromatic nitrogens is 4. The molecule has 0 aliphatic heterocycles. The molecule has 3 aromatic rings. The Labute approximate surface area is 151 Å². The number of tetrazole rings is 1. The van der Waals surface area contributed by atoms with Crippen molar-refractivity contribution in [3.8, 4) is 0 Å². The lowest BCUT2D eigenvalue weighted by molar-refractivity contribution is -0.122. The first-order valence-electron chi connectivity index (χ1n) is 8.36. The second kappa shape index (κ2) is 7.86. The number of hydrogen-bond acceptors (Lipinski definition) is 4. The van der Waals surface area contributed by atoms with E-state index in [-0.39, 0.29) is 24.3 Å². The van der Waals surface area contributed by atoms with Crippen molar-refractivity contribution in [3.63, 3.8) is 0 Å². The number of benzene rings is 2. The van der Waals surface area contributed by atoms with Gasteiger partial charge in [-0.1, -0.05) is 42.0 Å². The van der Waals surface area contributed by atoms with Gasteiger partial charge in [-0.05, 0) is 42.3 Å². The van der Waals surface area contributed by atoms with Crippen LogP contribution in [0.1, 0.15) is 35.5 Å². The Morgan fingerprint density at radius 2 is 1.85 bits per heavy atom. The molecule has 0 fully saturated rings. The van der Waals surface area contributed by atoms with Gasteiger partial charge in [-0.25, -0.2) is 4.39 Å². The molecule has 0 saturated carbocycles. The van der Waals surface area contributed by atoms with Gasteiger partial charge in [-0.2, -0.15) is 4.80 Å². The van der Waals surface area contributed by atoms with Gasteiger partial charge in [0.1, 0.15) is 12.4 Å². The monoisotopic (exact) mass is 353 g/mol. The molecule has 1 aromatic heterocycles. The van der Waals surface area contributed by atoms with E-state index in [2.05, 4.69) is 20.7 Å². The fraction of sp³-hybridized carbons (Fsp3) is 0.263. The molecule has 0 radical (unpaired) electrons. The van der Waals surface area contributed by atoms with Gasteiger partial charge in [0.25, 0.3) is 0 Å². The minimum Gasteiger partial charge on any atom is -0.348 e. The zero-order valence-electron chi connectivity index (χ0n) is 14.7. The van der Waals surface area contributed by atoms with Crippen LogP contribution in [0.2, 0.25) is 0 Å². The molecule has 26 heavy (non-hydrogen) atoms. The van der Waals surface area contributed by atoms with E-state index < -0.39 is 0 Å². The maximum absolute atomic E-state index is 13.0. The van der Waals surface area contributed by atoms with Gasteiger partial charge in [-0.3, -0.25) is 4.79 Å². The quantitative estimate of drug-likeness (QED) is 0.739. The van der Waals surface area contributed by atoms with Gasteiger partial charge in [0, 0.05) is 6.42 Å². The van der Waals surface area contributed by atoms with Crippen molar-refractivity contribution in [1.29, 1.82) is 0 Å². The van der Waals surface area contributed by atoms with Gasteiger partial charge < -0.3 is 5.32 Å². The smallest absolute Gasteiger partial charge is 0.244 e. The summed E-state index contributed by atoms with van der Waals surface area (Å²) in [6.45, 7) is 3.85. The topological polar surface area (TPSA) is 72.7 Å². The highest BCUT2D eigenvalue weighted by molar-refractivity contribution is 5.75. The van der Waals surface area contributed by atoms with Gasteiger partial charge in [0.2, 0.25) is 5.91 Å². The van der Waals surface area contributed by atoms with Crippen LogP contribution in [0.4, 0.5) is 4.39 Å². The van der Waals surface area contributed by atoms with Crippen molar-refractivity contribution in [2.75, 3.05) is 0 Å². The summed E-state index contributed by atoms with van der Waals surface area (Å²) in [5.74, 6) is 0.0227. The first-order valence-corrected chi connectivity index (χ1v) is 8.36. The SMILES string of the molecule is Cc1ccc(Cc2nnn(CC(=O)N[C@H](C)c3ccc(F)cc3)n2)cc1. The van der Waals surface area contributed by atoms with Gasteiger partial charge >= 0.3 is 0 Å². The standard InChI is InChI=1S/C19H20FN5O/c1-13-3-5-15(6-4-13)11-18-22-24-25(23-18)12-19(26)21-14(2)16-7-9-17(20)10-8-16/h3-10,14H,11-12H2,1-2H3,(H,21,26)/t14-/m1/s1. The molecule has 134 valence electrons. The average Bonchev–Trinajstić information content (AvgIpc) is 3.04. The van der Waals surface area contributed by atoms with Crippen molar-refractivity contribution in [2.45, 2.75) is 32.9 Å². The van der Waals surface area contributed by atoms with Crippen molar-refractivity contribution in [2.24, 2.45) is 0 Å². The molecule has 0 spiro atoms. The second-order valence-electron chi connectivity index (χ2n) is 6.24. The Morgan fingerprint density at radius 1 is 1.15 bits per heavy atom. The summed E-state index contributed by atoms with van der Waals surface area (Å²) < 4.78 is 13.0. The zero-order valence-corrected chi connectivity index (χ0v) is 14.7. The highest BCUT2D eigenvalue weighted by Crippen LogP contribution is 2.12. The van der Waals surface area contributed by atoms with Crippen LogP contribution >= 0.6 is 0 Å². The van der Waals surface area contributed by atoms with E-state index in [4.69, 9.17) is 0 Å². The number of rotatable bonds is 6.